The fraction of sp³-hybridized carbons (Fsp3) is 0.154. The molecule has 4 nitrogen and oxygen atoms in total. The summed E-state index contributed by atoms with van der Waals surface area (Å²) < 4.78 is 1.98. The molecule has 0 bridgehead atoms. The molecule has 0 radical (unpaired) electrons. The van der Waals surface area contributed by atoms with Gasteiger partial charge in [0, 0.05) is 5.69 Å². The number of ketones is 1. The molecule has 5 heteroatoms. The normalized spacial score (nSPS) is 10.9. The monoisotopic (exact) mass is 255 g/mol. The zero-order chi connectivity index (χ0) is 12.7. The quantitative estimate of drug-likeness (QED) is 0.661. The number of benzene rings is 1. The maximum Gasteiger partial charge on any atom is 0.195 e. The minimum atomic E-state index is -0.130. The van der Waals surface area contributed by atoms with Crippen molar-refractivity contribution in [2.45, 2.75) is 13.3 Å². The molecule has 0 aliphatic carbocycles. The van der Waals surface area contributed by atoms with E-state index in [4.69, 9.17) is 5.26 Å². The highest BCUT2D eigenvalue weighted by Crippen LogP contribution is 2.28. The zero-order valence-corrected chi connectivity index (χ0v) is 10.5. The van der Waals surface area contributed by atoms with Crippen molar-refractivity contribution < 1.29 is 4.79 Å². The second kappa shape index (κ2) is 3.93. The van der Waals surface area contributed by atoms with E-state index < -0.39 is 0 Å². The Bertz CT molecular complexity index is 807. The van der Waals surface area contributed by atoms with Crippen molar-refractivity contribution >= 4 is 33.1 Å². The highest BCUT2D eigenvalue weighted by atomic mass is 32.1. The van der Waals surface area contributed by atoms with Gasteiger partial charge in [-0.3, -0.25) is 9.20 Å². The Labute approximate surface area is 107 Å². The number of thiazole rings is 1. The van der Waals surface area contributed by atoms with Crippen molar-refractivity contribution in [2.24, 2.45) is 0 Å². The Morgan fingerprint density at radius 2 is 2.28 bits per heavy atom. The molecule has 0 amide bonds. The Kier molecular flexibility index (Phi) is 2.39. The number of nitrogens with zero attached hydrogens (tertiary/aromatic N) is 3. The molecule has 0 aliphatic rings. The van der Waals surface area contributed by atoms with Crippen LogP contribution in [0.3, 0.4) is 0 Å². The van der Waals surface area contributed by atoms with Crippen LogP contribution in [0.15, 0.2) is 24.3 Å². The van der Waals surface area contributed by atoms with E-state index in [0.717, 1.165) is 21.7 Å². The van der Waals surface area contributed by atoms with Gasteiger partial charge in [0.25, 0.3) is 0 Å². The van der Waals surface area contributed by atoms with Crippen LogP contribution in [-0.4, -0.2) is 15.2 Å². The van der Waals surface area contributed by atoms with Gasteiger partial charge in [0.15, 0.2) is 10.7 Å². The number of carbonyl (C=O) groups is 1. The van der Waals surface area contributed by atoms with Gasteiger partial charge in [-0.1, -0.05) is 23.5 Å². The van der Waals surface area contributed by atoms with Crippen molar-refractivity contribution in [1.29, 1.82) is 5.26 Å². The first-order valence-corrected chi connectivity index (χ1v) is 6.30. The van der Waals surface area contributed by atoms with Gasteiger partial charge in [-0.15, -0.1) is 0 Å². The first-order valence-electron chi connectivity index (χ1n) is 5.49. The molecule has 0 saturated carbocycles. The minimum absolute atomic E-state index is 0.0809. The highest BCUT2D eigenvalue weighted by Gasteiger charge is 2.18. The summed E-state index contributed by atoms with van der Waals surface area (Å²) in [5.74, 6) is -0.130. The maximum absolute atomic E-state index is 11.8. The van der Waals surface area contributed by atoms with Crippen molar-refractivity contribution in [2.75, 3.05) is 0 Å². The molecule has 0 saturated heterocycles. The van der Waals surface area contributed by atoms with E-state index in [2.05, 4.69) is 4.98 Å². The molecule has 88 valence electrons. The number of carbonyl (C=O) groups excluding carboxylic acids is 1. The zero-order valence-electron chi connectivity index (χ0n) is 9.67. The molecule has 18 heavy (non-hydrogen) atoms. The number of fused-ring (bicyclic) bond motifs is 3. The van der Waals surface area contributed by atoms with Crippen LogP contribution in [-0.2, 0) is 0 Å². The van der Waals surface area contributed by atoms with Gasteiger partial charge in [0.1, 0.15) is 0 Å². The van der Waals surface area contributed by atoms with Crippen LogP contribution >= 0.6 is 11.3 Å². The van der Waals surface area contributed by atoms with Gasteiger partial charge in [0.05, 0.1) is 28.4 Å². The first kappa shape index (κ1) is 10.9. The third kappa shape index (κ3) is 1.43. The van der Waals surface area contributed by atoms with E-state index >= 15 is 0 Å². The van der Waals surface area contributed by atoms with E-state index in [1.807, 2.05) is 41.7 Å². The molecular formula is C13H9N3OS. The molecule has 0 atom stereocenters. The lowest BCUT2D eigenvalue weighted by molar-refractivity contribution is 0.100. The molecule has 3 aromatic rings. The van der Waals surface area contributed by atoms with Crippen LogP contribution in [0.2, 0.25) is 0 Å². The van der Waals surface area contributed by atoms with Gasteiger partial charge < -0.3 is 0 Å². The largest absolute Gasteiger partial charge is 0.292 e. The molecule has 2 heterocycles. The lowest BCUT2D eigenvalue weighted by atomic mass is 10.2. The molecule has 1 aromatic carbocycles. The molecule has 0 N–H and O–H groups in total. The third-order valence-electron chi connectivity index (χ3n) is 2.88. The maximum atomic E-state index is 11.8. The van der Waals surface area contributed by atoms with Crippen LogP contribution in [0.1, 0.15) is 21.8 Å². The van der Waals surface area contributed by atoms with Crippen molar-refractivity contribution in [3.8, 4) is 6.07 Å². The first-order chi connectivity index (χ1) is 8.72. The van der Waals surface area contributed by atoms with E-state index in [9.17, 15) is 4.79 Å². The van der Waals surface area contributed by atoms with Crippen LogP contribution in [0, 0.1) is 18.3 Å². The number of imidazole rings is 1. The standard InChI is InChI=1S/C13H9N3OS/c1-8-12(11(17)6-7-14)18-13-15-9-4-2-3-5-10(9)16(8)13/h2-5H,6H2,1H3. The summed E-state index contributed by atoms with van der Waals surface area (Å²) in [5.41, 5.74) is 2.78. The third-order valence-corrected chi connectivity index (χ3v) is 4.06. The van der Waals surface area contributed by atoms with Gasteiger partial charge >= 0.3 is 0 Å². The topological polar surface area (TPSA) is 58.2 Å². The molecular weight excluding hydrogens is 246 g/mol. The fourth-order valence-electron chi connectivity index (χ4n) is 2.07. The number of hydrogen-bond acceptors (Lipinski definition) is 4. The number of hydrogen-bond donors (Lipinski definition) is 0. The summed E-state index contributed by atoms with van der Waals surface area (Å²) >= 11 is 1.35. The van der Waals surface area contributed by atoms with Crippen LogP contribution < -0.4 is 0 Å². The van der Waals surface area contributed by atoms with Crippen LogP contribution in [0.25, 0.3) is 16.0 Å². The summed E-state index contributed by atoms with van der Waals surface area (Å²) in [6.07, 6.45) is -0.0809. The predicted molar refractivity (Wildman–Crippen MR) is 69.9 cm³/mol. The van der Waals surface area contributed by atoms with Gasteiger partial charge in [-0.2, -0.15) is 5.26 Å². The molecule has 0 fully saturated rings. The van der Waals surface area contributed by atoms with Gasteiger partial charge in [-0.05, 0) is 19.1 Å². The number of nitriles is 1. The molecule has 0 aliphatic heterocycles. The number of aryl methyl sites for hydroxylation is 1. The average Bonchev–Trinajstić information content (AvgIpc) is 2.87. The van der Waals surface area contributed by atoms with E-state index in [0.29, 0.717) is 4.88 Å². The second-order valence-corrected chi connectivity index (χ2v) is 4.97. The van der Waals surface area contributed by atoms with Gasteiger partial charge in [0.2, 0.25) is 0 Å². The molecule has 0 unspecified atom stereocenters. The van der Waals surface area contributed by atoms with Crippen molar-refractivity contribution in [3.63, 3.8) is 0 Å². The summed E-state index contributed by atoms with van der Waals surface area (Å²) in [6.45, 7) is 1.89. The number of aromatic nitrogens is 2. The van der Waals surface area contributed by atoms with Crippen molar-refractivity contribution in [3.05, 3.63) is 34.8 Å². The Balaban J connectivity index is 2.30. The van der Waals surface area contributed by atoms with Crippen LogP contribution in [0.4, 0.5) is 0 Å². The second-order valence-electron chi connectivity index (χ2n) is 3.99. The summed E-state index contributed by atoms with van der Waals surface area (Å²) in [5, 5.41) is 8.60. The summed E-state index contributed by atoms with van der Waals surface area (Å²) in [6, 6.07) is 9.71. The van der Waals surface area contributed by atoms with E-state index in [1.54, 1.807) is 0 Å². The summed E-state index contributed by atoms with van der Waals surface area (Å²) in [4.78, 5) is 17.7. The summed E-state index contributed by atoms with van der Waals surface area (Å²) in [7, 11) is 0. The number of Topliss-reactive ketones (excluding diaryl/α,β-unsaturated/α-hetero) is 1. The lowest BCUT2D eigenvalue weighted by Gasteiger charge is -1.96. The van der Waals surface area contributed by atoms with Crippen molar-refractivity contribution in [1.82, 2.24) is 9.38 Å². The number of para-hydroxylation sites is 2. The Morgan fingerprint density at radius 3 is 3.06 bits per heavy atom. The van der Waals surface area contributed by atoms with E-state index in [1.165, 1.54) is 11.3 Å². The lowest BCUT2D eigenvalue weighted by Crippen LogP contribution is -1.98. The number of rotatable bonds is 2. The fourth-order valence-corrected chi connectivity index (χ4v) is 3.15. The van der Waals surface area contributed by atoms with Crippen LogP contribution in [0.5, 0.6) is 0 Å². The predicted octanol–water partition coefficient (Wildman–Crippen LogP) is 2.95. The minimum Gasteiger partial charge on any atom is -0.292 e. The average molecular weight is 255 g/mol. The molecule has 3 rings (SSSR count). The Morgan fingerprint density at radius 1 is 1.50 bits per heavy atom. The SMILES string of the molecule is Cc1c(C(=O)CC#N)sc2nc3ccccc3n12. The highest BCUT2D eigenvalue weighted by molar-refractivity contribution is 7.19. The van der Waals surface area contributed by atoms with E-state index in [-0.39, 0.29) is 12.2 Å². The smallest absolute Gasteiger partial charge is 0.195 e. The Hall–Kier alpha value is -2.19. The van der Waals surface area contributed by atoms with Gasteiger partial charge in [-0.25, -0.2) is 4.98 Å². The molecule has 2 aromatic heterocycles. The molecule has 0 spiro atoms.